The van der Waals surface area contributed by atoms with Crippen LogP contribution in [0.15, 0.2) is 12.7 Å². The summed E-state index contributed by atoms with van der Waals surface area (Å²) in [6, 6.07) is -0.609. The lowest BCUT2D eigenvalue weighted by molar-refractivity contribution is -0.138. The molecule has 86 valence electrons. The number of likely N-dealkylation sites (N-methyl/N-ethyl adjacent to an activating group) is 2. The minimum atomic E-state index is -0.609. The molecule has 1 atom stereocenters. The lowest BCUT2D eigenvalue weighted by Crippen LogP contribution is -2.45. The van der Waals surface area contributed by atoms with Gasteiger partial charge in [-0.2, -0.15) is 0 Å². The third-order valence-electron chi connectivity index (χ3n) is 1.99. The van der Waals surface area contributed by atoms with Crippen molar-refractivity contribution in [2.45, 2.75) is 12.5 Å². The fraction of sp³-hybridized carbons (Fsp3) is 0.600. The SMILES string of the molecule is C=CCC(N)C(=O)N(C)CC(=O)N(C)C. The van der Waals surface area contributed by atoms with Crippen LogP contribution in [0.3, 0.4) is 0 Å². The van der Waals surface area contributed by atoms with Crippen molar-refractivity contribution in [2.24, 2.45) is 5.73 Å². The molecule has 0 aromatic rings. The van der Waals surface area contributed by atoms with E-state index < -0.39 is 6.04 Å². The van der Waals surface area contributed by atoms with Gasteiger partial charge in [0.2, 0.25) is 11.8 Å². The maximum atomic E-state index is 11.6. The van der Waals surface area contributed by atoms with Crippen molar-refractivity contribution < 1.29 is 9.59 Å². The molecular formula is C10H19N3O2. The number of amides is 2. The number of carbonyl (C=O) groups is 2. The molecule has 0 aliphatic rings. The topological polar surface area (TPSA) is 66.6 Å². The van der Waals surface area contributed by atoms with E-state index in [4.69, 9.17) is 5.73 Å². The molecule has 0 aliphatic heterocycles. The highest BCUT2D eigenvalue weighted by molar-refractivity contribution is 5.87. The van der Waals surface area contributed by atoms with Gasteiger partial charge in [0.25, 0.3) is 0 Å². The highest BCUT2D eigenvalue weighted by atomic mass is 16.2. The minimum Gasteiger partial charge on any atom is -0.347 e. The van der Waals surface area contributed by atoms with E-state index in [2.05, 4.69) is 6.58 Å². The molecule has 0 heterocycles. The highest BCUT2D eigenvalue weighted by Gasteiger charge is 2.19. The van der Waals surface area contributed by atoms with Crippen LogP contribution in [0.2, 0.25) is 0 Å². The van der Waals surface area contributed by atoms with E-state index in [9.17, 15) is 9.59 Å². The van der Waals surface area contributed by atoms with E-state index in [0.717, 1.165) is 0 Å². The first kappa shape index (κ1) is 13.6. The van der Waals surface area contributed by atoms with Crippen molar-refractivity contribution in [3.8, 4) is 0 Å². The summed E-state index contributed by atoms with van der Waals surface area (Å²) in [6.45, 7) is 3.56. The second kappa shape index (κ2) is 6.19. The Balaban J connectivity index is 4.20. The standard InChI is InChI=1S/C10H19N3O2/c1-5-6-8(11)10(15)13(4)7-9(14)12(2)3/h5,8H,1,6-7,11H2,2-4H3. The number of hydrogen-bond acceptors (Lipinski definition) is 3. The van der Waals surface area contributed by atoms with Gasteiger partial charge in [-0.05, 0) is 6.42 Å². The molecule has 0 saturated carbocycles. The molecule has 5 heteroatoms. The van der Waals surface area contributed by atoms with Crippen molar-refractivity contribution in [2.75, 3.05) is 27.7 Å². The third kappa shape index (κ3) is 4.60. The zero-order valence-electron chi connectivity index (χ0n) is 9.56. The van der Waals surface area contributed by atoms with Crippen LogP contribution in [0.25, 0.3) is 0 Å². The van der Waals surface area contributed by atoms with Crippen LogP contribution in [0.1, 0.15) is 6.42 Å². The van der Waals surface area contributed by atoms with Crippen molar-refractivity contribution in [1.82, 2.24) is 9.80 Å². The molecule has 0 radical (unpaired) electrons. The first-order chi connectivity index (χ1) is 6.90. The molecule has 15 heavy (non-hydrogen) atoms. The van der Waals surface area contributed by atoms with Crippen molar-refractivity contribution >= 4 is 11.8 Å². The second-order valence-corrected chi connectivity index (χ2v) is 3.61. The monoisotopic (exact) mass is 213 g/mol. The molecule has 0 rings (SSSR count). The molecule has 0 fully saturated rings. The maximum Gasteiger partial charge on any atom is 0.241 e. The van der Waals surface area contributed by atoms with Crippen molar-refractivity contribution in [3.63, 3.8) is 0 Å². The molecule has 0 aliphatic carbocycles. The molecule has 2 amide bonds. The van der Waals surface area contributed by atoms with E-state index in [-0.39, 0.29) is 18.4 Å². The lowest BCUT2D eigenvalue weighted by Gasteiger charge is -2.21. The predicted molar refractivity (Wildman–Crippen MR) is 59.1 cm³/mol. The number of hydrogen-bond donors (Lipinski definition) is 1. The van der Waals surface area contributed by atoms with Gasteiger partial charge in [0.05, 0.1) is 12.6 Å². The Kier molecular flexibility index (Phi) is 5.62. The number of carbonyl (C=O) groups excluding carboxylic acids is 2. The molecule has 0 aromatic carbocycles. The van der Waals surface area contributed by atoms with Crippen LogP contribution in [0, 0.1) is 0 Å². The van der Waals surface area contributed by atoms with Gasteiger partial charge in [-0.15, -0.1) is 6.58 Å². The Morgan fingerprint density at radius 3 is 2.33 bits per heavy atom. The van der Waals surface area contributed by atoms with Gasteiger partial charge >= 0.3 is 0 Å². The van der Waals surface area contributed by atoms with Gasteiger partial charge in [-0.25, -0.2) is 0 Å². The summed E-state index contributed by atoms with van der Waals surface area (Å²) in [6.07, 6.45) is 2.00. The largest absolute Gasteiger partial charge is 0.347 e. The molecule has 0 bridgehead atoms. The smallest absolute Gasteiger partial charge is 0.241 e. The first-order valence-electron chi connectivity index (χ1n) is 4.71. The fourth-order valence-electron chi connectivity index (χ4n) is 0.986. The molecule has 0 aromatic heterocycles. The van der Waals surface area contributed by atoms with Gasteiger partial charge in [-0.1, -0.05) is 6.08 Å². The van der Waals surface area contributed by atoms with Crippen LogP contribution in [-0.2, 0) is 9.59 Å². The van der Waals surface area contributed by atoms with E-state index in [1.165, 1.54) is 9.80 Å². The summed E-state index contributed by atoms with van der Waals surface area (Å²) < 4.78 is 0. The Labute approximate surface area is 90.5 Å². The highest BCUT2D eigenvalue weighted by Crippen LogP contribution is 1.96. The van der Waals surface area contributed by atoms with Gasteiger partial charge in [0.15, 0.2) is 0 Å². The molecule has 0 spiro atoms. The quantitative estimate of drug-likeness (QED) is 0.622. The first-order valence-corrected chi connectivity index (χ1v) is 4.71. The zero-order valence-corrected chi connectivity index (χ0v) is 9.56. The van der Waals surface area contributed by atoms with Crippen LogP contribution < -0.4 is 5.73 Å². The summed E-state index contributed by atoms with van der Waals surface area (Å²) in [5, 5.41) is 0. The summed E-state index contributed by atoms with van der Waals surface area (Å²) in [5.41, 5.74) is 5.59. The van der Waals surface area contributed by atoms with Gasteiger partial charge in [0, 0.05) is 21.1 Å². The van der Waals surface area contributed by atoms with Crippen molar-refractivity contribution in [3.05, 3.63) is 12.7 Å². The lowest BCUT2D eigenvalue weighted by atomic mass is 10.2. The summed E-state index contributed by atoms with van der Waals surface area (Å²) in [5.74, 6) is -0.373. The Hall–Kier alpha value is -1.36. The Bertz CT molecular complexity index is 251. The average Bonchev–Trinajstić information content (AvgIpc) is 2.16. The number of rotatable bonds is 5. The van der Waals surface area contributed by atoms with E-state index in [1.54, 1.807) is 27.2 Å². The maximum absolute atomic E-state index is 11.6. The van der Waals surface area contributed by atoms with Gasteiger partial charge < -0.3 is 15.5 Å². The average molecular weight is 213 g/mol. The summed E-state index contributed by atoms with van der Waals surface area (Å²) in [7, 11) is 4.85. The van der Waals surface area contributed by atoms with E-state index in [1.807, 2.05) is 0 Å². The zero-order chi connectivity index (χ0) is 12.0. The normalized spacial score (nSPS) is 11.7. The Morgan fingerprint density at radius 1 is 1.40 bits per heavy atom. The second-order valence-electron chi connectivity index (χ2n) is 3.61. The number of nitrogens with two attached hydrogens (primary N) is 1. The summed E-state index contributed by atoms with van der Waals surface area (Å²) in [4.78, 5) is 25.6. The predicted octanol–water partition coefficient (Wildman–Crippen LogP) is -0.564. The van der Waals surface area contributed by atoms with Crippen molar-refractivity contribution in [1.29, 1.82) is 0 Å². The fourth-order valence-corrected chi connectivity index (χ4v) is 0.986. The molecule has 2 N–H and O–H groups in total. The summed E-state index contributed by atoms with van der Waals surface area (Å²) >= 11 is 0. The van der Waals surface area contributed by atoms with Gasteiger partial charge in [-0.3, -0.25) is 9.59 Å². The van der Waals surface area contributed by atoms with Gasteiger partial charge in [0.1, 0.15) is 0 Å². The number of nitrogens with zero attached hydrogens (tertiary/aromatic N) is 2. The molecule has 0 saturated heterocycles. The molecule has 1 unspecified atom stereocenters. The van der Waals surface area contributed by atoms with Crippen LogP contribution >= 0.6 is 0 Å². The minimum absolute atomic E-state index is 0.0523. The Morgan fingerprint density at radius 2 is 1.93 bits per heavy atom. The third-order valence-corrected chi connectivity index (χ3v) is 1.99. The molecular weight excluding hydrogens is 194 g/mol. The van der Waals surface area contributed by atoms with Crippen LogP contribution in [-0.4, -0.2) is 55.3 Å². The molecule has 5 nitrogen and oxygen atoms in total. The van der Waals surface area contributed by atoms with Crippen LogP contribution in [0.4, 0.5) is 0 Å². The van der Waals surface area contributed by atoms with E-state index in [0.29, 0.717) is 6.42 Å². The van der Waals surface area contributed by atoms with E-state index >= 15 is 0 Å². The van der Waals surface area contributed by atoms with Crippen LogP contribution in [0.5, 0.6) is 0 Å².